The highest BCUT2D eigenvalue weighted by Gasteiger charge is 2.07. The van der Waals surface area contributed by atoms with Crippen LogP contribution >= 0.6 is 0 Å². The van der Waals surface area contributed by atoms with E-state index in [-0.39, 0.29) is 5.95 Å². The number of aromatic amines is 2. The van der Waals surface area contributed by atoms with E-state index in [1.807, 2.05) is 36.5 Å². The Balaban J connectivity index is 1.49. The SMILES string of the molecule is Nc1nccc(-c2ccc3c(C=Cc4ccc5cc[nH]c5c4)n[nH]c3c2)n1. The molecule has 0 amide bonds. The normalized spacial score (nSPS) is 11.7. The Labute approximate surface area is 154 Å². The second-order valence-corrected chi connectivity index (χ2v) is 6.33. The van der Waals surface area contributed by atoms with Gasteiger partial charge in [-0.1, -0.05) is 24.3 Å². The predicted molar refractivity (Wildman–Crippen MR) is 109 cm³/mol. The summed E-state index contributed by atoms with van der Waals surface area (Å²) in [4.78, 5) is 11.4. The zero-order valence-corrected chi connectivity index (χ0v) is 14.3. The molecule has 0 saturated carbocycles. The third kappa shape index (κ3) is 2.83. The van der Waals surface area contributed by atoms with Crippen LogP contribution in [0.15, 0.2) is 60.9 Å². The molecule has 3 aromatic heterocycles. The van der Waals surface area contributed by atoms with Crippen molar-refractivity contribution < 1.29 is 0 Å². The molecule has 0 unspecified atom stereocenters. The Morgan fingerprint density at radius 2 is 1.89 bits per heavy atom. The summed E-state index contributed by atoms with van der Waals surface area (Å²) in [6.45, 7) is 0. The summed E-state index contributed by atoms with van der Waals surface area (Å²) in [7, 11) is 0. The first kappa shape index (κ1) is 15.3. The molecule has 0 aliphatic rings. The molecule has 0 spiro atoms. The smallest absolute Gasteiger partial charge is 0.220 e. The van der Waals surface area contributed by atoms with Crippen molar-refractivity contribution in [3.8, 4) is 11.3 Å². The lowest BCUT2D eigenvalue weighted by Crippen LogP contribution is -1.94. The summed E-state index contributed by atoms with van der Waals surface area (Å²) >= 11 is 0. The van der Waals surface area contributed by atoms with E-state index in [1.54, 1.807) is 6.20 Å². The summed E-state index contributed by atoms with van der Waals surface area (Å²) in [5.74, 6) is 0.264. The van der Waals surface area contributed by atoms with Gasteiger partial charge in [0.2, 0.25) is 5.95 Å². The number of benzene rings is 2. The van der Waals surface area contributed by atoms with Gasteiger partial charge < -0.3 is 10.7 Å². The van der Waals surface area contributed by atoms with E-state index in [9.17, 15) is 0 Å². The summed E-state index contributed by atoms with van der Waals surface area (Å²) in [6, 6.07) is 16.3. The number of nitrogens with zero attached hydrogens (tertiary/aromatic N) is 3. The minimum Gasteiger partial charge on any atom is -0.368 e. The van der Waals surface area contributed by atoms with Crippen molar-refractivity contribution >= 4 is 39.9 Å². The zero-order valence-electron chi connectivity index (χ0n) is 14.3. The molecular weight excluding hydrogens is 336 g/mol. The first-order valence-corrected chi connectivity index (χ1v) is 8.58. The standard InChI is InChI=1S/C21H16N6/c22-21-24-10-8-17(25-21)15-4-5-16-18(26-27-20(16)12-15)6-2-13-1-3-14-7-9-23-19(14)11-13/h1-12,23H,(H,26,27)(H2,22,24,25). The molecule has 6 nitrogen and oxygen atoms in total. The van der Waals surface area contributed by atoms with E-state index in [2.05, 4.69) is 55.5 Å². The zero-order chi connectivity index (χ0) is 18.2. The van der Waals surface area contributed by atoms with Crippen molar-refractivity contribution in [2.75, 3.05) is 5.73 Å². The monoisotopic (exact) mass is 352 g/mol. The highest BCUT2D eigenvalue weighted by molar-refractivity contribution is 5.92. The fourth-order valence-corrected chi connectivity index (χ4v) is 3.21. The van der Waals surface area contributed by atoms with E-state index < -0.39 is 0 Å². The molecule has 2 aromatic carbocycles. The van der Waals surface area contributed by atoms with E-state index in [1.165, 1.54) is 5.39 Å². The largest absolute Gasteiger partial charge is 0.368 e. The highest BCUT2D eigenvalue weighted by Crippen LogP contribution is 2.25. The van der Waals surface area contributed by atoms with Gasteiger partial charge in [-0.2, -0.15) is 5.10 Å². The summed E-state index contributed by atoms with van der Waals surface area (Å²) in [5, 5.41) is 9.79. The molecule has 3 heterocycles. The van der Waals surface area contributed by atoms with Gasteiger partial charge in [0.25, 0.3) is 0 Å². The number of nitrogens with one attached hydrogen (secondary N) is 2. The maximum Gasteiger partial charge on any atom is 0.220 e. The highest BCUT2D eigenvalue weighted by atomic mass is 15.1. The van der Waals surface area contributed by atoms with Gasteiger partial charge in [0.1, 0.15) is 0 Å². The molecule has 0 fully saturated rings. The fourth-order valence-electron chi connectivity index (χ4n) is 3.21. The lowest BCUT2D eigenvalue weighted by atomic mass is 10.1. The van der Waals surface area contributed by atoms with Crippen LogP contribution in [0, 0.1) is 0 Å². The van der Waals surface area contributed by atoms with Gasteiger partial charge in [-0.15, -0.1) is 0 Å². The summed E-state index contributed by atoms with van der Waals surface area (Å²) < 4.78 is 0. The van der Waals surface area contributed by atoms with Crippen molar-refractivity contribution in [1.82, 2.24) is 25.1 Å². The number of hydrogen-bond donors (Lipinski definition) is 3. The molecule has 0 aliphatic carbocycles. The Morgan fingerprint density at radius 1 is 0.926 bits per heavy atom. The molecule has 0 atom stereocenters. The van der Waals surface area contributed by atoms with E-state index in [0.717, 1.165) is 38.9 Å². The number of fused-ring (bicyclic) bond motifs is 2. The van der Waals surface area contributed by atoms with Crippen LogP contribution in [0.2, 0.25) is 0 Å². The Kier molecular flexibility index (Phi) is 3.47. The minimum absolute atomic E-state index is 0.264. The number of hydrogen-bond acceptors (Lipinski definition) is 4. The molecule has 6 heteroatoms. The Bertz CT molecular complexity index is 1290. The lowest BCUT2D eigenvalue weighted by Gasteiger charge is -2.01. The van der Waals surface area contributed by atoms with Gasteiger partial charge in [-0.05, 0) is 47.4 Å². The molecule has 4 N–H and O–H groups in total. The molecular formula is C21H16N6. The quantitative estimate of drug-likeness (QED) is 0.452. The number of anilines is 1. The van der Waals surface area contributed by atoms with Gasteiger partial charge in [0.15, 0.2) is 0 Å². The summed E-state index contributed by atoms with van der Waals surface area (Å²) in [5.41, 5.74) is 11.5. The molecule has 5 rings (SSSR count). The number of rotatable bonds is 3. The lowest BCUT2D eigenvalue weighted by molar-refractivity contribution is 1.11. The van der Waals surface area contributed by atoms with Gasteiger partial charge in [0.05, 0.1) is 16.9 Å². The Hall–Kier alpha value is -3.93. The van der Waals surface area contributed by atoms with Crippen molar-refractivity contribution in [2.45, 2.75) is 0 Å². The van der Waals surface area contributed by atoms with Crippen LogP contribution < -0.4 is 5.73 Å². The minimum atomic E-state index is 0.264. The number of nitrogen functional groups attached to an aromatic ring is 1. The predicted octanol–water partition coefficient (Wildman–Crippen LogP) is 4.25. The van der Waals surface area contributed by atoms with Crippen molar-refractivity contribution in [1.29, 1.82) is 0 Å². The Morgan fingerprint density at radius 3 is 2.81 bits per heavy atom. The third-order valence-electron chi connectivity index (χ3n) is 4.58. The fraction of sp³-hybridized carbons (Fsp3) is 0. The molecule has 5 aromatic rings. The van der Waals surface area contributed by atoms with E-state index in [0.29, 0.717) is 0 Å². The molecule has 0 bridgehead atoms. The average molecular weight is 352 g/mol. The number of nitrogens with two attached hydrogens (primary N) is 1. The second kappa shape index (κ2) is 6.10. The second-order valence-electron chi connectivity index (χ2n) is 6.33. The first-order chi connectivity index (χ1) is 13.3. The average Bonchev–Trinajstić information content (AvgIpc) is 3.32. The van der Waals surface area contributed by atoms with Gasteiger partial charge in [-0.25, -0.2) is 9.97 Å². The van der Waals surface area contributed by atoms with Crippen LogP contribution in [-0.2, 0) is 0 Å². The van der Waals surface area contributed by atoms with Crippen LogP contribution in [-0.4, -0.2) is 25.1 Å². The number of aromatic nitrogens is 5. The molecule has 0 radical (unpaired) electrons. The number of H-pyrrole nitrogens is 2. The summed E-state index contributed by atoms with van der Waals surface area (Å²) in [6.07, 6.45) is 7.69. The molecule has 0 aliphatic heterocycles. The topological polar surface area (TPSA) is 96.3 Å². The van der Waals surface area contributed by atoms with Crippen LogP contribution in [0.25, 0.3) is 45.2 Å². The van der Waals surface area contributed by atoms with E-state index >= 15 is 0 Å². The van der Waals surface area contributed by atoms with Gasteiger partial charge in [-0.3, -0.25) is 5.10 Å². The maximum absolute atomic E-state index is 5.68. The van der Waals surface area contributed by atoms with Crippen LogP contribution in [0.1, 0.15) is 11.3 Å². The first-order valence-electron chi connectivity index (χ1n) is 8.58. The maximum atomic E-state index is 5.68. The van der Waals surface area contributed by atoms with Gasteiger partial charge in [0, 0.05) is 28.9 Å². The van der Waals surface area contributed by atoms with Crippen LogP contribution in [0.3, 0.4) is 0 Å². The molecule has 27 heavy (non-hydrogen) atoms. The van der Waals surface area contributed by atoms with Crippen molar-refractivity contribution in [2.24, 2.45) is 0 Å². The van der Waals surface area contributed by atoms with Crippen LogP contribution in [0.5, 0.6) is 0 Å². The van der Waals surface area contributed by atoms with Gasteiger partial charge >= 0.3 is 0 Å². The molecule has 130 valence electrons. The third-order valence-corrected chi connectivity index (χ3v) is 4.58. The molecule has 0 saturated heterocycles. The van der Waals surface area contributed by atoms with E-state index in [4.69, 9.17) is 5.73 Å². The van der Waals surface area contributed by atoms with Crippen molar-refractivity contribution in [3.63, 3.8) is 0 Å². The van der Waals surface area contributed by atoms with Crippen LogP contribution in [0.4, 0.5) is 5.95 Å². The van der Waals surface area contributed by atoms with Crippen molar-refractivity contribution in [3.05, 3.63) is 72.2 Å².